The summed E-state index contributed by atoms with van der Waals surface area (Å²) in [5.74, 6) is -2.18. The van der Waals surface area contributed by atoms with Crippen molar-refractivity contribution in [2.24, 2.45) is 5.73 Å². The second-order valence-electron chi connectivity index (χ2n) is 5.27. The molecule has 0 spiro atoms. The van der Waals surface area contributed by atoms with Gasteiger partial charge in [-0.3, -0.25) is 14.4 Å². The summed E-state index contributed by atoms with van der Waals surface area (Å²) in [4.78, 5) is 35.2. The van der Waals surface area contributed by atoms with Gasteiger partial charge in [0, 0.05) is 19.8 Å². The van der Waals surface area contributed by atoms with Crippen LogP contribution in [0, 0.1) is 5.82 Å². The Morgan fingerprint density at radius 3 is 2.46 bits per heavy atom. The number of benzene rings is 1. The number of nitrogens with two attached hydrogens (primary N) is 1. The van der Waals surface area contributed by atoms with Gasteiger partial charge in [0.1, 0.15) is 17.9 Å². The van der Waals surface area contributed by atoms with Crippen LogP contribution < -0.4 is 16.4 Å². The lowest BCUT2D eigenvalue weighted by atomic mass is 10.0. The highest BCUT2D eigenvalue weighted by atomic mass is 79.9. The van der Waals surface area contributed by atoms with Crippen molar-refractivity contribution in [2.45, 2.75) is 31.8 Å². The van der Waals surface area contributed by atoms with Gasteiger partial charge in [-0.05, 0) is 22.2 Å². The molecule has 0 fully saturated rings. The Morgan fingerprint density at radius 2 is 1.96 bits per heavy atom. The Morgan fingerprint density at radius 1 is 1.29 bits per heavy atom. The van der Waals surface area contributed by atoms with E-state index in [1.807, 2.05) is 0 Å². The monoisotopic (exact) mass is 399 g/mol. The van der Waals surface area contributed by atoms with Crippen molar-refractivity contribution in [3.63, 3.8) is 0 Å². The highest BCUT2D eigenvalue weighted by Gasteiger charge is 2.25. The molecule has 0 saturated heterocycles. The van der Waals surface area contributed by atoms with Gasteiger partial charge in [-0.1, -0.05) is 34.6 Å². The van der Waals surface area contributed by atoms with Gasteiger partial charge in [0.05, 0.1) is 0 Å². The quantitative estimate of drug-likeness (QED) is 0.610. The molecule has 0 aliphatic rings. The molecular weight excluding hydrogens is 381 g/mol. The molecule has 0 aromatic heterocycles. The maximum Gasteiger partial charge on any atom is 0.243 e. The third kappa shape index (κ3) is 6.91. The second-order valence-corrected chi connectivity index (χ2v) is 6.39. The molecule has 8 heteroatoms. The van der Waals surface area contributed by atoms with Crippen LogP contribution in [-0.2, 0) is 20.8 Å². The number of hydrogen-bond donors (Lipinski definition) is 3. The van der Waals surface area contributed by atoms with Crippen LogP contribution in [0.3, 0.4) is 0 Å². The van der Waals surface area contributed by atoms with Crippen LogP contribution >= 0.6 is 15.9 Å². The van der Waals surface area contributed by atoms with Gasteiger partial charge in [0.15, 0.2) is 0 Å². The Hall–Kier alpha value is -2.22. The number of amides is 3. The van der Waals surface area contributed by atoms with Gasteiger partial charge in [-0.25, -0.2) is 4.39 Å². The third-order valence-corrected chi connectivity index (χ3v) is 3.43. The molecule has 0 saturated carbocycles. The zero-order chi connectivity index (χ0) is 18.3. The van der Waals surface area contributed by atoms with Crippen molar-refractivity contribution in [1.82, 2.24) is 10.6 Å². The van der Waals surface area contributed by atoms with Crippen LogP contribution in [0.2, 0.25) is 0 Å². The average Bonchev–Trinajstić information content (AvgIpc) is 2.44. The lowest BCUT2D eigenvalue weighted by molar-refractivity contribution is -0.130. The topological polar surface area (TPSA) is 101 Å². The molecule has 130 valence electrons. The summed E-state index contributed by atoms with van der Waals surface area (Å²) in [5, 5.41) is 4.96. The Balaban J connectivity index is 2.89. The van der Waals surface area contributed by atoms with Crippen molar-refractivity contribution in [2.75, 3.05) is 0 Å². The Labute approximate surface area is 147 Å². The molecule has 1 aromatic rings. The van der Waals surface area contributed by atoms with E-state index in [1.165, 1.54) is 25.1 Å². The first kappa shape index (κ1) is 19.8. The molecule has 6 nitrogen and oxygen atoms in total. The fourth-order valence-corrected chi connectivity index (χ4v) is 2.39. The number of nitrogens with one attached hydrogen (secondary N) is 2. The fraction of sp³-hybridized carbons (Fsp3) is 0.312. The van der Waals surface area contributed by atoms with Gasteiger partial charge in [0.25, 0.3) is 0 Å². The SMILES string of the molecule is C=C(Br)C[C@@H](NC(=O)[C@H](Cc1cccc(F)c1)NC(C)=O)C(N)=O. The summed E-state index contributed by atoms with van der Waals surface area (Å²) in [6, 6.07) is 3.77. The van der Waals surface area contributed by atoms with Crippen molar-refractivity contribution in [3.8, 4) is 0 Å². The highest BCUT2D eigenvalue weighted by Crippen LogP contribution is 2.11. The van der Waals surface area contributed by atoms with E-state index in [0.717, 1.165) is 0 Å². The van der Waals surface area contributed by atoms with Gasteiger partial charge in [-0.2, -0.15) is 0 Å². The molecule has 0 unspecified atom stereocenters. The summed E-state index contributed by atoms with van der Waals surface area (Å²) in [6.45, 7) is 4.86. The molecule has 1 aromatic carbocycles. The zero-order valence-electron chi connectivity index (χ0n) is 13.1. The van der Waals surface area contributed by atoms with E-state index in [9.17, 15) is 18.8 Å². The number of carbonyl (C=O) groups excluding carboxylic acids is 3. The lowest BCUT2D eigenvalue weighted by Crippen LogP contribution is -2.53. The normalized spacial score (nSPS) is 12.8. The van der Waals surface area contributed by atoms with Crippen LogP contribution in [0.1, 0.15) is 18.9 Å². The van der Waals surface area contributed by atoms with Crippen LogP contribution in [0.25, 0.3) is 0 Å². The minimum atomic E-state index is -0.965. The smallest absolute Gasteiger partial charge is 0.243 e. The van der Waals surface area contributed by atoms with E-state index >= 15 is 0 Å². The summed E-state index contributed by atoms with van der Waals surface area (Å²) in [7, 11) is 0. The fourth-order valence-electron chi connectivity index (χ4n) is 2.07. The molecule has 4 N–H and O–H groups in total. The molecule has 0 aliphatic carbocycles. The van der Waals surface area contributed by atoms with Gasteiger partial charge in [0.2, 0.25) is 17.7 Å². The van der Waals surface area contributed by atoms with Crippen molar-refractivity contribution in [1.29, 1.82) is 0 Å². The van der Waals surface area contributed by atoms with Crippen molar-refractivity contribution >= 4 is 33.7 Å². The first-order valence-corrected chi connectivity index (χ1v) is 7.93. The number of hydrogen-bond acceptors (Lipinski definition) is 3. The summed E-state index contributed by atoms with van der Waals surface area (Å²) in [6.07, 6.45) is 0.192. The first-order valence-electron chi connectivity index (χ1n) is 7.13. The molecule has 0 heterocycles. The molecule has 0 radical (unpaired) electrons. The summed E-state index contributed by atoms with van der Waals surface area (Å²) < 4.78 is 13.8. The molecule has 2 atom stereocenters. The average molecular weight is 400 g/mol. The van der Waals surface area contributed by atoms with Crippen LogP contribution in [0.5, 0.6) is 0 Å². The molecule has 3 amide bonds. The predicted octanol–water partition coefficient (Wildman–Crippen LogP) is 1.14. The van der Waals surface area contributed by atoms with Crippen LogP contribution in [0.4, 0.5) is 4.39 Å². The third-order valence-electron chi connectivity index (χ3n) is 3.11. The minimum Gasteiger partial charge on any atom is -0.368 e. The maximum atomic E-state index is 13.3. The number of carbonyl (C=O) groups is 3. The first-order chi connectivity index (χ1) is 11.2. The Kier molecular flexibility index (Phi) is 7.57. The summed E-state index contributed by atoms with van der Waals surface area (Å²) >= 11 is 3.11. The molecular formula is C16H19BrFN3O3. The van der Waals surface area contributed by atoms with Gasteiger partial charge < -0.3 is 16.4 Å². The van der Waals surface area contributed by atoms with Crippen LogP contribution in [-0.4, -0.2) is 29.8 Å². The van der Waals surface area contributed by atoms with E-state index < -0.39 is 35.6 Å². The molecule has 24 heavy (non-hydrogen) atoms. The Bertz CT molecular complexity index is 651. The highest BCUT2D eigenvalue weighted by molar-refractivity contribution is 9.11. The largest absolute Gasteiger partial charge is 0.368 e. The van der Waals surface area contributed by atoms with E-state index in [2.05, 4.69) is 33.1 Å². The second kappa shape index (κ2) is 9.17. The molecule has 0 aliphatic heterocycles. The van der Waals surface area contributed by atoms with Gasteiger partial charge in [-0.15, -0.1) is 0 Å². The maximum absolute atomic E-state index is 13.3. The number of primary amides is 1. The zero-order valence-corrected chi connectivity index (χ0v) is 14.7. The standard InChI is InChI=1S/C16H19BrFN3O3/c1-9(17)6-13(15(19)23)21-16(24)14(20-10(2)22)8-11-4-3-5-12(18)7-11/h3-5,7,13-14H,1,6,8H2,2H3,(H2,19,23)(H,20,22)(H,21,24)/t13-,14+/m1/s1. The summed E-state index contributed by atoms with van der Waals surface area (Å²) in [5.41, 5.74) is 5.79. The lowest BCUT2D eigenvalue weighted by Gasteiger charge is -2.21. The van der Waals surface area contributed by atoms with Crippen molar-refractivity contribution in [3.05, 3.63) is 46.7 Å². The van der Waals surface area contributed by atoms with E-state index in [4.69, 9.17) is 5.73 Å². The predicted molar refractivity (Wildman–Crippen MR) is 91.5 cm³/mol. The van der Waals surface area contributed by atoms with Crippen molar-refractivity contribution < 1.29 is 18.8 Å². The van der Waals surface area contributed by atoms with E-state index in [0.29, 0.717) is 10.0 Å². The number of halogens is 2. The van der Waals surface area contributed by atoms with Crippen LogP contribution in [0.15, 0.2) is 35.3 Å². The van der Waals surface area contributed by atoms with E-state index in [-0.39, 0.29) is 12.8 Å². The molecule has 1 rings (SSSR count). The minimum absolute atomic E-state index is 0.0733. The number of rotatable bonds is 8. The van der Waals surface area contributed by atoms with E-state index in [1.54, 1.807) is 6.07 Å². The van der Waals surface area contributed by atoms with Gasteiger partial charge >= 0.3 is 0 Å². The molecule has 0 bridgehead atoms.